The minimum atomic E-state index is 0.242. The van der Waals surface area contributed by atoms with Gasteiger partial charge in [0.25, 0.3) is 0 Å². The molecule has 0 bridgehead atoms. The molecule has 16 heavy (non-hydrogen) atoms. The van der Waals surface area contributed by atoms with E-state index in [0.717, 1.165) is 23.2 Å². The van der Waals surface area contributed by atoms with E-state index in [1.807, 2.05) is 6.07 Å². The van der Waals surface area contributed by atoms with Crippen molar-refractivity contribution in [2.24, 2.45) is 5.41 Å². The van der Waals surface area contributed by atoms with E-state index >= 15 is 0 Å². The van der Waals surface area contributed by atoms with Crippen LogP contribution >= 0.6 is 15.9 Å². The summed E-state index contributed by atoms with van der Waals surface area (Å²) in [6, 6.07) is 1.98. The highest BCUT2D eigenvalue weighted by Crippen LogP contribution is 2.23. The summed E-state index contributed by atoms with van der Waals surface area (Å²) in [5.41, 5.74) is 1.34. The van der Waals surface area contributed by atoms with E-state index in [9.17, 15) is 0 Å². The van der Waals surface area contributed by atoms with Crippen molar-refractivity contribution < 1.29 is 0 Å². The fourth-order valence-electron chi connectivity index (χ4n) is 1.77. The maximum atomic E-state index is 4.04. The zero-order valence-corrected chi connectivity index (χ0v) is 12.0. The van der Waals surface area contributed by atoms with Crippen molar-refractivity contribution in [2.45, 2.75) is 13.8 Å². The number of nitrogens with zero attached hydrogens (tertiary/aromatic N) is 2. The summed E-state index contributed by atoms with van der Waals surface area (Å²) in [7, 11) is 4.20. The van der Waals surface area contributed by atoms with Gasteiger partial charge in [-0.15, -0.1) is 0 Å². The van der Waals surface area contributed by atoms with Crippen molar-refractivity contribution in [1.82, 2.24) is 9.88 Å². The maximum absolute atomic E-state index is 4.04. The Hall–Kier alpha value is -0.610. The number of aromatic nitrogens is 1. The van der Waals surface area contributed by atoms with E-state index < -0.39 is 0 Å². The van der Waals surface area contributed by atoms with E-state index in [-0.39, 0.29) is 5.41 Å². The van der Waals surface area contributed by atoms with Crippen LogP contribution in [0.5, 0.6) is 0 Å². The first kappa shape index (κ1) is 13.5. The Morgan fingerprint density at radius 3 is 2.69 bits per heavy atom. The van der Waals surface area contributed by atoms with Crippen LogP contribution in [0.4, 0.5) is 5.69 Å². The monoisotopic (exact) mass is 285 g/mol. The molecular weight excluding hydrogens is 266 g/mol. The topological polar surface area (TPSA) is 28.2 Å². The van der Waals surface area contributed by atoms with Crippen LogP contribution in [0.3, 0.4) is 0 Å². The van der Waals surface area contributed by atoms with Gasteiger partial charge in [-0.25, -0.2) is 0 Å². The standard InChI is InChI=1S/C12H20BrN3/c1-12(2,9-16(3)4)8-15-11-5-6-14-7-10(11)13/h5-7H,8-9H2,1-4H3,(H,14,15). The van der Waals surface area contributed by atoms with Gasteiger partial charge in [0, 0.05) is 25.5 Å². The van der Waals surface area contributed by atoms with Crippen molar-refractivity contribution in [1.29, 1.82) is 0 Å². The van der Waals surface area contributed by atoms with Gasteiger partial charge in [-0.1, -0.05) is 13.8 Å². The van der Waals surface area contributed by atoms with Crippen molar-refractivity contribution in [3.8, 4) is 0 Å². The molecule has 1 aromatic heterocycles. The third kappa shape index (κ3) is 4.49. The molecule has 1 heterocycles. The minimum Gasteiger partial charge on any atom is -0.383 e. The molecule has 0 saturated heterocycles. The quantitative estimate of drug-likeness (QED) is 0.902. The molecular formula is C12H20BrN3. The molecule has 0 saturated carbocycles. The molecule has 1 rings (SSSR count). The summed E-state index contributed by atoms with van der Waals surface area (Å²) in [6.07, 6.45) is 3.60. The molecule has 4 heteroatoms. The molecule has 0 aliphatic heterocycles. The molecule has 0 aromatic carbocycles. The fourth-order valence-corrected chi connectivity index (χ4v) is 2.16. The third-order valence-corrected chi connectivity index (χ3v) is 2.91. The van der Waals surface area contributed by atoms with Crippen molar-refractivity contribution in [3.63, 3.8) is 0 Å². The van der Waals surface area contributed by atoms with Gasteiger partial charge in [-0.2, -0.15) is 0 Å². The van der Waals surface area contributed by atoms with Gasteiger partial charge < -0.3 is 10.2 Å². The first-order valence-corrected chi connectivity index (χ1v) is 6.18. The lowest BCUT2D eigenvalue weighted by Gasteiger charge is -2.29. The van der Waals surface area contributed by atoms with Crippen LogP contribution < -0.4 is 5.32 Å². The van der Waals surface area contributed by atoms with E-state index in [0.29, 0.717) is 0 Å². The summed E-state index contributed by atoms with van der Waals surface area (Å²) in [5.74, 6) is 0. The van der Waals surface area contributed by atoms with E-state index in [1.54, 1.807) is 12.4 Å². The van der Waals surface area contributed by atoms with Gasteiger partial charge in [-0.3, -0.25) is 4.98 Å². The van der Waals surface area contributed by atoms with Gasteiger partial charge in [0.2, 0.25) is 0 Å². The number of hydrogen-bond acceptors (Lipinski definition) is 3. The molecule has 0 atom stereocenters. The molecule has 3 nitrogen and oxygen atoms in total. The third-order valence-electron chi connectivity index (χ3n) is 2.27. The van der Waals surface area contributed by atoms with Crippen LogP contribution in [0.15, 0.2) is 22.9 Å². The van der Waals surface area contributed by atoms with Gasteiger partial charge in [0.15, 0.2) is 0 Å². The Labute approximate surface area is 106 Å². The number of hydrogen-bond donors (Lipinski definition) is 1. The second-order valence-corrected chi connectivity index (χ2v) is 5.97. The molecule has 0 fully saturated rings. The number of anilines is 1. The zero-order valence-electron chi connectivity index (χ0n) is 10.4. The lowest BCUT2D eigenvalue weighted by Crippen LogP contribution is -2.34. The van der Waals surface area contributed by atoms with E-state index in [1.165, 1.54) is 0 Å². The predicted octanol–water partition coefficient (Wildman–Crippen LogP) is 2.84. The van der Waals surface area contributed by atoms with Crippen LogP contribution in [-0.4, -0.2) is 37.1 Å². The predicted molar refractivity (Wildman–Crippen MR) is 72.8 cm³/mol. The molecule has 0 spiro atoms. The lowest BCUT2D eigenvalue weighted by molar-refractivity contribution is 0.254. The Bertz CT molecular complexity index is 337. The molecule has 0 aliphatic rings. The first-order chi connectivity index (χ1) is 7.41. The molecule has 1 N–H and O–H groups in total. The van der Waals surface area contributed by atoms with Crippen LogP contribution in [0.25, 0.3) is 0 Å². The average molecular weight is 286 g/mol. The van der Waals surface area contributed by atoms with Crippen molar-refractivity contribution in [2.75, 3.05) is 32.5 Å². The van der Waals surface area contributed by atoms with Crippen LogP contribution in [0.2, 0.25) is 0 Å². The smallest absolute Gasteiger partial charge is 0.0590 e. The summed E-state index contributed by atoms with van der Waals surface area (Å²) < 4.78 is 1.01. The molecule has 0 aliphatic carbocycles. The molecule has 0 amide bonds. The maximum Gasteiger partial charge on any atom is 0.0590 e. The highest BCUT2D eigenvalue weighted by Gasteiger charge is 2.18. The van der Waals surface area contributed by atoms with Gasteiger partial charge in [-0.05, 0) is 41.5 Å². The zero-order chi connectivity index (χ0) is 12.2. The highest BCUT2D eigenvalue weighted by atomic mass is 79.9. The number of halogens is 1. The summed E-state index contributed by atoms with van der Waals surface area (Å²) in [4.78, 5) is 6.25. The number of pyridine rings is 1. The summed E-state index contributed by atoms with van der Waals surface area (Å²) in [5, 5.41) is 3.45. The first-order valence-electron chi connectivity index (χ1n) is 5.39. The highest BCUT2D eigenvalue weighted by molar-refractivity contribution is 9.10. The van der Waals surface area contributed by atoms with Crippen LogP contribution in [0, 0.1) is 5.41 Å². The SMILES string of the molecule is CN(C)CC(C)(C)CNc1ccncc1Br. The van der Waals surface area contributed by atoms with E-state index in [4.69, 9.17) is 0 Å². The Kier molecular flexibility index (Phi) is 4.74. The summed E-state index contributed by atoms with van der Waals surface area (Å²) >= 11 is 3.48. The second kappa shape index (κ2) is 5.64. The number of nitrogens with one attached hydrogen (secondary N) is 1. The van der Waals surface area contributed by atoms with Gasteiger partial charge >= 0.3 is 0 Å². The van der Waals surface area contributed by atoms with Crippen molar-refractivity contribution in [3.05, 3.63) is 22.9 Å². The fraction of sp³-hybridized carbons (Fsp3) is 0.583. The van der Waals surface area contributed by atoms with Crippen molar-refractivity contribution >= 4 is 21.6 Å². The average Bonchev–Trinajstić information content (AvgIpc) is 2.14. The second-order valence-electron chi connectivity index (χ2n) is 5.11. The Morgan fingerprint density at radius 2 is 2.12 bits per heavy atom. The largest absolute Gasteiger partial charge is 0.383 e. The molecule has 0 radical (unpaired) electrons. The lowest BCUT2D eigenvalue weighted by atomic mass is 9.93. The van der Waals surface area contributed by atoms with Gasteiger partial charge in [0.1, 0.15) is 0 Å². The summed E-state index contributed by atoms with van der Waals surface area (Å²) in [6.45, 7) is 6.51. The van der Waals surface area contributed by atoms with Gasteiger partial charge in [0.05, 0.1) is 10.2 Å². The normalized spacial score (nSPS) is 11.9. The Balaban J connectivity index is 2.54. The molecule has 1 aromatic rings. The van der Waals surface area contributed by atoms with E-state index in [2.05, 4.69) is 59.1 Å². The minimum absolute atomic E-state index is 0.242. The number of rotatable bonds is 5. The molecule has 90 valence electrons. The Morgan fingerprint density at radius 1 is 1.44 bits per heavy atom. The molecule has 0 unspecified atom stereocenters. The van der Waals surface area contributed by atoms with Crippen LogP contribution in [-0.2, 0) is 0 Å². The van der Waals surface area contributed by atoms with Crippen LogP contribution in [0.1, 0.15) is 13.8 Å².